The maximum absolute atomic E-state index is 12.2. The summed E-state index contributed by atoms with van der Waals surface area (Å²) in [6, 6.07) is 5.97. The number of rotatable bonds is 6. The van der Waals surface area contributed by atoms with Crippen molar-refractivity contribution in [1.82, 2.24) is 5.32 Å². The Bertz CT molecular complexity index is 532. The number of hydrogen-bond acceptors (Lipinski definition) is 4. The summed E-state index contributed by atoms with van der Waals surface area (Å²) in [5, 5.41) is 12.7. The number of benzene rings is 1. The highest BCUT2D eigenvalue weighted by Gasteiger charge is 2.32. The second kappa shape index (κ2) is 8.31. The minimum Gasteiger partial charge on any atom is -0.492 e. The molecule has 23 heavy (non-hydrogen) atoms. The van der Waals surface area contributed by atoms with Crippen molar-refractivity contribution in [3.8, 4) is 5.75 Å². The molecule has 0 radical (unpaired) electrons. The Labute approximate surface area is 138 Å². The molecule has 1 aliphatic rings. The van der Waals surface area contributed by atoms with Crippen LogP contribution < -0.4 is 10.1 Å². The first-order valence-electron chi connectivity index (χ1n) is 8.20. The van der Waals surface area contributed by atoms with Crippen LogP contribution in [0, 0.1) is 19.8 Å². The number of carbonyl (C=O) groups excluding carboxylic acids is 1. The van der Waals surface area contributed by atoms with Crippen molar-refractivity contribution in [1.29, 1.82) is 0 Å². The van der Waals surface area contributed by atoms with Crippen molar-refractivity contribution in [2.24, 2.45) is 5.92 Å². The predicted octanol–water partition coefficient (Wildman–Crippen LogP) is 1.97. The lowest BCUT2D eigenvalue weighted by molar-refractivity contribution is -0.130. The Kier molecular flexibility index (Phi) is 6.42. The molecule has 1 aromatic rings. The van der Waals surface area contributed by atoms with Crippen molar-refractivity contribution < 1.29 is 19.4 Å². The summed E-state index contributed by atoms with van der Waals surface area (Å²) in [5.41, 5.74) is 2.43. The topological polar surface area (TPSA) is 67.8 Å². The molecule has 5 heteroatoms. The first-order valence-corrected chi connectivity index (χ1v) is 8.20. The molecule has 2 rings (SSSR count). The van der Waals surface area contributed by atoms with Crippen LogP contribution in [-0.4, -0.2) is 43.5 Å². The van der Waals surface area contributed by atoms with Gasteiger partial charge in [-0.05, 0) is 56.4 Å². The number of amides is 1. The number of nitrogens with one attached hydrogen (secondary N) is 1. The van der Waals surface area contributed by atoms with Crippen molar-refractivity contribution in [2.75, 3.05) is 20.3 Å². The first-order chi connectivity index (χ1) is 11.0. The summed E-state index contributed by atoms with van der Waals surface area (Å²) in [6.07, 6.45) is 1.17. The minimum absolute atomic E-state index is 0.0163. The average Bonchev–Trinajstić information content (AvgIpc) is 2.55. The van der Waals surface area contributed by atoms with Crippen molar-refractivity contribution >= 4 is 5.91 Å². The molecule has 3 atom stereocenters. The summed E-state index contributed by atoms with van der Waals surface area (Å²) in [7, 11) is 1.57. The zero-order chi connectivity index (χ0) is 16.8. The minimum atomic E-state index is -0.461. The van der Waals surface area contributed by atoms with Crippen LogP contribution in [0.2, 0.25) is 0 Å². The lowest BCUT2D eigenvalue weighted by Crippen LogP contribution is -2.42. The fourth-order valence-corrected chi connectivity index (χ4v) is 2.90. The van der Waals surface area contributed by atoms with E-state index in [4.69, 9.17) is 9.47 Å². The summed E-state index contributed by atoms with van der Waals surface area (Å²) in [4.78, 5) is 12.2. The number of aryl methyl sites for hydroxylation is 2. The quantitative estimate of drug-likeness (QED) is 0.786. The molecular weight excluding hydrogens is 294 g/mol. The Balaban J connectivity index is 1.71. The van der Waals surface area contributed by atoms with E-state index >= 15 is 0 Å². The van der Waals surface area contributed by atoms with Crippen molar-refractivity contribution in [3.63, 3.8) is 0 Å². The molecular formula is C18H27NO4. The number of carbonyl (C=O) groups is 1. The van der Waals surface area contributed by atoms with Gasteiger partial charge >= 0.3 is 0 Å². The number of aliphatic hydroxyl groups is 1. The van der Waals surface area contributed by atoms with Crippen LogP contribution in [0.5, 0.6) is 5.75 Å². The molecule has 0 bridgehead atoms. The molecule has 0 aliphatic heterocycles. The van der Waals surface area contributed by atoms with Crippen LogP contribution in [0.15, 0.2) is 18.2 Å². The number of methoxy groups -OCH3 is 1. The van der Waals surface area contributed by atoms with Gasteiger partial charge in [0.15, 0.2) is 0 Å². The van der Waals surface area contributed by atoms with Gasteiger partial charge in [0.05, 0.1) is 18.8 Å². The van der Waals surface area contributed by atoms with Crippen LogP contribution in [0.4, 0.5) is 0 Å². The van der Waals surface area contributed by atoms with E-state index in [1.165, 1.54) is 11.1 Å². The number of hydrogen-bond donors (Lipinski definition) is 2. The third-order valence-corrected chi connectivity index (χ3v) is 4.58. The van der Waals surface area contributed by atoms with Crippen LogP contribution in [-0.2, 0) is 9.53 Å². The highest BCUT2D eigenvalue weighted by Crippen LogP contribution is 2.26. The molecule has 0 unspecified atom stereocenters. The van der Waals surface area contributed by atoms with Crippen LogP contribution in [0.1, 0.15) is 30.4 Å². The van der Waals surface area contributed by atoms with Gasteiger partial charge in [-0.25, -0.2) is 0 Å². The lowest BCUT2D eigenvalue weighted by atomic mass is 9.84. The molecule has 5 nitrogen and oxygen atoms in total. The standard InChI is InChI=1S/C18H27NO4/c1-12-4-6-15(10-13(12)2)23-9-8-19-18(21)14-5-7-16(20)17(11-14)22-3/h4,6,10,14,16-17,20H,5,7-9,11H2,1-3H3,(H,19,21)/t14-,16+,17-/m1/s1. The van der Waals surface area contributed by atoms with E-state index in [1.54, 1.807) is 7.11 Å². The van der Waals surface area contributed by atoms with Crippen molar-refractivity contribution in [2.45, 2.75) is 45.3 Å². The Hall–Kier alpha value is -1.59. The zero-order valence-electron chi connectivity index (χ0n) is 14.2. The third kappa shape index (κ3) is 4.94. The van der Waals surface area contributed by atoms with Crippen LogP contribution in [0.3, 0.4) is 0 Å². The monoisotopic (exact) mass is 321 g/mol. The van der Waals surface area contributed by atoms with Gasteiger partial charge in [0.2, 0.25) is 5.91 Å². The van der Waals surface area contributed by atoms with Crippen LogP contribution >= 0.6 is 0 Å². The molecule has 1 aromatic carbocycles. The highest BCUT2D eigenvalue weighted by atomic mass is 16.5. The van der Waals surface area contributed by atoms with Crippen molar-refractivity contribution in [3.05, 3.63) is 29.3 Å². The number of ether oxygens (including phenoxy) is 2. The SMILES string of the molecule is CO[C@@H]1C[C@H](C(=O)NCCOc2ccc(C)c(C)c2)CC[C@@H]1O. The zero-order valence-corrected chi connectivity index (χ0v) is 14.2. The van der Waals surface area contributed by atoms with Gasteiger partial charge in [0, 0.05) is 13.0 Å². The van der Waals surface area contributed by atoms with Gasteiger partial charge in [-0.2, -0.15) is 0 Å². The summed E-state index contributed by atoms with van der Waals surface area (Å²) in [5.74, 6) is 0.746. The van der Waals surface area contributed by atoms with E-state index in [2.05, 4.69) is 12.2 Å². The largest absolute Gasteiger partial charge is 0.492 e. The molecule has 0 heterocycles. The average molecular weight is 321 g/mol. The van der Waals surface area contributed by atoms with E-state index < -0.39 is 6.10 Å². The number of aliphatic hydroxyl groups excluding tert-OH is 1. The smallest absolute Gasteiger partial charge is 0.223 e. The molecule has 0 saturated heterocycles. The third-order valence-electron chi connectivity index (χ3n) is 4.58. The molecule has 1 amide bonds. The maximum atomic E-state index is 12.2. The predicted molar refractivity (Wildman–Crippen MR) is 88.6 cm³/mol. The lowest BCUT2D eigenvalue weighted by Gasteiger charge is -2.31. The van der Waals surface area contributed by atoms with Gasteiger partial charge in [-0.3, -0.25) is 4.79 Å². The van der Waals surface area contributed by atoms with Gasteiger partial charge in [0.25, 0.3) is 0 Å². The second-order valence-electron chi connectivity index (χ2n) is 6.24. The van der Waals surface area contributed by atoms with E-state index in [9.17, 15) is 9.90 Å². The molecule has 0 spiro atoms. The molecule has 1 saturated carbocycles. The van der Waals surface area contributed by atoms with E-state index in [-0.39, 0.29) is 17.9 Å². The molecule has 1 fully saturated rings. The van der Waals surface area contributed by atoms with E-state index in [1.807, 2.05) is 25.1 Å². The van der Waals surface area contributed by atoms with Crippen LogP contribution in [0.25, 0.3) is 0 Å². The fourth-order valence-electron chi connectivity index (χ4n) is 2.90. The summed E-state index contributed by atoms with van der Waals surface area (Å²) < 4.78 is 10.9. The molecule has 1 aliphatic carbocycles. The highest BCUT2D eigenvalue weighted by molar-refractivity contribution is 5.78. The molecule has 0 aromatic heterocycles. The Morgan fingerprint density at radius 2 is 2.09 bits per heavy atom. The summed E-state index contributed by atoms with van der Waals surface area (Å²) >= 11 is 0. The van der Waals surface area contributed by atoms with Gasteiger partial charge in [0.1, 0.15) is 12.4 Å². The van der Waals surface area contributed by atoms with Gasteiger partial charge in [-0.15, -0.1) is 0 Å². The van der Waals surface area contributed by atoms with Gasteiger partial charge < -0.3 is 19.9 Å². The van der Waals surface area contributed by atoms with E-state index in [0.717, 1.165) is 5.75 Å². The summed E-state index contributed by atoms with van der Waals surface area (Å²) in [6.45, 7) is 5.03. The second-order valence-corrected chi connectivity index (χ2v) is 6.24. The normalized spacial score (nSPS) is 24.3. The first kappa shape index (κ1) is 17.8. The Morgan fingerprint density at radius 3 is 2.78 bits per heavy atom. The van der Waals surface area contributed by atoms with Gasteiger partial charge in [-0.1, -0.05) is 6.07 Å². The van der Waals surface area contributed by atoms with E-state index in [0.29, 0.717) is 32.4 Å². The molecule has 128 valence electrons. The fraction of sp³-hybridized carbons (Fsp3) is 0.611. The maximum Gasteiger partial charge on any atom is 0.223 e. The molecule has 2 N–H and O–H groups in total. The Morgan fingerprint density at radius 1 is 1.30 bits per heavy atom.